The number of hydrogen-bond donors (Lipinski definition) is 7. The molecule has 0 unspecified atom stereocenters. The summed E-state index contributed by atoms with van der Waals surface area (Å²) in [6, 6.07) is 12.1. The van der Waals surface area contributed by atoms with Gasteiger partial charge < -0.3 is 21.3 Å². The first-order valence-corrected chi connectivity index (χ1v) is 24.0. The molecule has 0 atom stereocenters. The molecule has 4 rings (SSSR count). The maximum Gasteiger partial charge on any atom is 0.397 e. The largest absolute Gasteiger partial charge is 0.479 e. The summed E-state index contributed by atoms with van der Waals surface area (Å²) in [6.45, 7) is -2.21. The predicted molar refractivity (Wildman–Crippen MR) is 217 cm³/mol. The maximum absolute atomic E-state index is 12.9. The second kappa shape index (κ2) is 19.9. The van der Waals surface area contributed by atoms with Gasteiger partial charge in [-0.15, -0.1) is 20.5 Å². The Morgan fingerprint density at radius 3 is 1.52 bits per heavy atom. The number of rotatable bonds is 21. The molecule has 27 nitrogen and oxygen atoms in total. The Kier molecular flexibility index (Phi) is 15.6. The Bertz CT molecular complexity index is 3110. The van der Waals surface area contributed by atoms with Gasteiger partial charge in [0.05, 0.1) is 57.3 Å². The Morgan fingerprint density at radius 1 is 0.635 bits per heavy atom. The van der Waals surface area contributed by atoms with Crippen LogP contribution in [-0.4, -0.2) is 97.9 Å². The van der Waals surface area contributed by atoms with Crippen molar-refractivity contribution in [1.82, 2.24) is 0 Å². The van der Waals surface area contributed by atoms with E-state index >= 15 is 0 Å². The number of hydrogen-bond acceptors (Lipinski definition) is 23. The molecule has 63 heavy (non-hydrogen) atoms. The van der Waals surface area contributed by atoms with Crippen molar-refractivity contribution in [3.63, 3.8) is 0 Å². The van der Waals surface area contributed by atoms with E-state index in [0.29, 0.717) is 6.40 Å². The normalized spacial score (nSPS) is 12.9. The number of aromatic carboxylic acids is 1. The number of azo groups is 3. The molecule has 0 fully saturated rings. The number of nitrogen functional groups attached to an aromatic ring is 2. The van der Waals surface area contributed by atoms with Gasteiger partial charge in [0.15, 0.2) is 26.1 Å². The molecule has 9 N–H and O–H groups in total. The molecular formula is C31H31N9O18S5. The van der Waals surface area contributed by atoms with Crippen molar-refractivity contribution in [3.05, 3.63) is 77.9 Å². The summed E-state index contributed by atoms with van der Waals surface area (Å²) in [6.07, 6.45) is 0.577. The molecule has 0 saturated heterocycles. The molecule has 0 amide bonds. The van der Waals surface area contributed by atoms with Crippen molar-refractivity contribution in [2.75, 3.05) is 36.2 Å². The number of carbonyl (C=O) groups is 1. The predicted octanol–water partition coefficient (Wildman–Crippen LogP) is 4.35. The zero-order valence-corrected chi connectivity index (χ0v) is 35.4. The highest BCUT2D eigenvalue weighted by molar-refractivity contribution is 7.91. The van der Waals surface area contributed by atoms with E-state index in [1.807, 2.05) is 0 Å². The number of sulfone groups is 2. The number of carboxylic acid groups (broad SMARTS) is 1. The summed E-state index contributed by atoms with van der Waals surface area (Å²) < 4.78 is 160. The lowest BCUT2D eigenvalue weighted by atomic mass is 10.1. The van der Waals surface area contributed by atoms with Crippen LogP contribution in [0.1, 0.15) is 15.9 Å². The molecule has 0 aliphatic carbocycles. The minimum Gasteiger partial charge on any atom is -0.479 e. The standard InChI is InChI=1S/C31H31N9O18S5/c32-17-56-16-18-7-8-24(61(47,48)49)23(13-18)37-39-29-25(31(41)42)28(38-35-19-3-1-5-21(14-19)59(43,44)11-9-57-62(50,51)52)26(33)30(27(29)34)40-36-20-4-2-6-22(15-20)60(45,46)12-10-58-63(53,54)55/h1-8,13-15,17,32H,9-12,16,33-34H2,(H,41,42)(H,47,48,49)(H,50,51,52)(H,53,54,55). The van der Waals surface area contributed by atoms with Crippen LogP contribution < -0.4 is 11.5 Å². The quantitative estimate of drug-likeness (QED) is 0.0200. The molecule has 0 aliphatic rings. The zero-order valence-electron chi connectivity index (χ0n) is 31.3. The van der Waals surface area contributed by atoms with Gasteiger partial charge >= 0.3 is 26.8 Å². The van der Waals surface area contributed by atoms with Crippen LogP contribution in [0, 0.1) is 5.41 Å². The Morgan fingerprint density at radius 2 is 1.10 bits per heavy atom. The first kappa shape index (κ1) is 49.4. The van der Waals surface area contributed by atoms with Crippen LogP contribution in [0.25, 0.3) is 0 Å². The van der Waals surface area contributed by atoms with E-state index in [0.717, 1.165) is 36.4 Å². The Balaban J connectivity index is 1.93. The average molecular weight is 978 g/mol. The van der Waals surface area contributed by atoms with Crippen LogP contribution >= 0.6 is 0 Å². The van der Waals surface area contributed by atoms with Crippen LogP contribution in [-0.2, 0) is 70.3 Å². The first-order valence-electron chi connectivity index (χ1n) is 16.6. The third-order valence-electron chi connectivity index (χ3n) is 7.65. The van der Waals surface area contributed by atoms with Crippen molar-refractivity contribution >= 4 is 108 Å². The van der Waals surface area contributed by atoms with Gasteiger partial charge in [-0.1, -0.05) is 18.2 Å². The van der Waals surface area contributed by atoms with Crippen LogP contribution in [0.2, 0.25) is 0 Å². The molecule has 0 heterocycles. The summed E-state index contributed by atoms with van der Waals surface area (Å²) in [5.41, 5.74) is 7.18. The van der Waals surface area contributed by atoms with Crippen LogP contribution in [0.4, 0.5) is 45.5 Å². The van der Waals surface area contributed by atoms with Gasteiger partial charge in [0.2, 0.25) is 0 Å². The van der Waals surface area contributed by atoms with E-state index in [4.69, 9.17) is 30.7 Å². The van der Waals surface area contributed by atoms with Crippen LogP contribution in [0.3, 0.4) is 0 Å². The van der Waals surface area contributed by atoms with Crippen molar-refractivity contribution in [3.8, 4) is 0 Å². The van der Waals surface area contributed by atoms with Gasteiger partial charge in [0.1, 0.15) is 39.8 Å². The minimum absolute atomic E-state index is 0.193. The molecule has 0 aromatic heterocycles. The Labute approximate surface area is 357 Å². The molecular weight excluding hydrogens is 947 g/mol. The second-order valence-corrected chi connectivity index (χ2v) is 19.8. The topological polar surface area (TPSA) is 446 Å². The van der Waals surface area contributed by atoms with Crippen molar-refractivity contribution in [2.24, 2.45) is 30.7 Å². The van der Waals surface area contributed by atoms with Gasteiger partial charge in [-0.25, -0.2) is 30.0 Å². The fourth-order valence-corrected chi connectivity index (χ4v) is 8.54. The smallest absolute Gasteiger partial charge is 0.397 e. The van der Waals surface area contributed by atoms with E-state index in [2.05, 4.69) is 39.1 Å². The van der Waals surface area contributed by atoms with Crippen LogP contribution in [0.15, 0.2) is 112 Å². The number of benzene rings is 4. The molecule has 4 aromatic rings. The fourth-order valence-electron chi connectivity index (χ4n) is 4.89. The van der Waals surface area contributed by atoms with E-state index < -0.39 is 136 Å². The molecule has 0 saturated carbocycles. The van der Waals surface area contributed by atoms with Gasteiger partial charge in [0.25, 0.3) is 10.1 Å². The van der Waals surface area contributed by atoms with E-state index in [1.54, 1.807) is 0 Å². The average Bonchev–Trinajstić information content (AvgIpc) is 3.17. The second-order valence-electron chi connectivity index (χ2n) is 12.0. The summed E-state index contributed by atoms with van der Waals surface area (Å²) >= 11 is 0. The molecule has 0 radical (unpaired) electrons. The summed E-state index contributed by atoms with van der Waals surface area (Å²) in [5, 5.41) is 40.8. The molecule has 0 aliphatic heterocycles. The first-order chi connectivity index (χ1) is 29.2. The van der Waals surface area contributed by atoms with Gasteiger partial charge in [-0.3, -0.25) is 19.1 Å². The summed E-state index contributed by atoms with van der Waals surface area (Å²) in [5.74, 6) is -3.70. The van der Waals surface area contributed by atoms with Gasteiger partial charge in [0, 0.05) is 0 Å². The van der Waals surface area contributed by atoms with E-state index in [1.165, 1.54) is 30.3 Å². The lowest BCUT2D eigenvalue weighted by Gasteiger charge is -2.13. The lowest BCUT2D eigenvalue weighted by Crippen LogP contribution is -2.15. The Hall–Kier alpha value is -6.23. The number of nitrogens with zero attached hydrogens (tertiary/aromatic N) is 6. The highest BCUT2D eigenvalue weighted by atomic mass is 32.3. The molecule has 338 valence electrons. The van der Waals surface area contributed by atoms with Gasteiger partial charge in [-0.05, 0) is 54.1 Å². The van der Waals surface area contributed by atoms with Crippen molar-refractivity contribution in [2.45, 2.75) is 21.3 Å². The van der Waals surface area contributed by atoms with E-state index in [9.17, 15) is 56.5 Å². The molecule has 0 bridgehead atoms. The molecule has 0 spiro atoms. The third-order valence-corrected chi connectivity index (χ3v) is 12.8. The summed E-state index contributed by atoms with van der Waals surface area (Å²) in [4.78, 5) is 11.2. The van der Waals surface area contributed by atoms with Crippen molar-refractivity contribution in [1.29, 1.82) is 5.41 Å². The zero-order chi connectivity index (χ0) is 47.0. The lowest BCUT2D eigenvalue weighted by molar-refractivity contribution is 0.0698. The number of anilines is 2. The van der Waals surface area contributed by atoms with Crippen LogP contribution in [0.5, 0.6) is 0 Å². The highest BCUT2D eigenvalue weighted by Gasteiger charge is 2.28. The maximum atomic E-state index is 12.9. The summed E-state index contributed by atoms with van der Waals surface area (Å²) in [7, 11) is -23.5. The number of nitrogens with one attached hydrogen (secondary N) is 1. The minimum atomic E-state index is -5.01. The molecule has 4 aromatic carbocycles. The van der Waals surface area contributed by atoms with Gasteiger partial charge in [-0.2, -0.15) is 35.5 Å². The SMILES string of the molecule is N=COCc1ccc(S(=O)(=O)O)c(N=Nc2c(N)c(N=Nc3cccc(S(=O)(=O)CCOS(=O)(=O)O)c3)c(N)c(N=Nc3cccc(S(=O)(=O)CCOS(=O)(=O)O)c3)c2C(=O)O)c1. The molecule has 32 heteroatoms. The van der Waals surface area contributed by atoms with Crippen molar-refractivity contribution < 1.29 is 78.8 Å². The number of carboxylic acids is 1. The fraction of sp³-hybridized carbons (Fsp3) is 0.161. The number of nitrogens with two attached hydrogens (primary N) is 2. The third kappa shape index (κ3) is 13.9. The number of ether oxygens (including phenoxy) is 1. The highest BCUT2D eigenvalue weighted by Crippen LogP contribution is 2.49. The monoisotopic (exact) mass is 977 g/mol. The van der Waals surface area contributed by atoms with E-state index in [-0.39, 0.29) is 23.5 Å².